The topological polar surface area (TPSA) is 102 Å². The number of anilines is 1. The maximum atomic E-state index is 13.1. The van der Waals surface area contributed by atoms with Crippen molar-refractivity contribution in [2.75, 3.05) is 70.8 Å². The summed E-state index contributed by atoms with van der Waals surface area (Å²) in [5, 5.41) is 2.82. The number of primary amides is 1. The molecule has 1 aliphatic heterocycles. The van der Waals surface area contributed by atoms with Gasteiger partial charge in [0.05, 0.1) is 0 Å². The zero-order valence-electron chi connectivity index (χ0n) is 22.7. The molecule has 3 amide bonds. The predicted molar refractivity (Wildman–Crippen MR) is 144 cm³/mol. The molecule has 0 aromatic heterocycles. The SMILES string of the molecule is CCN(CC)CCN(CCN(CC)CC)C(=O)C(=O)Nc1cccc(CN2CCC(C(N)=O)CC2)c1. The van der Waals surface area contributed by atoms with Crippen molar-refractivity contribution in [2.45, 2.75) is 47.1 Å². The molecule has 0 aliphatic carbocycles. The summed E-state index contributed by atoms with van der Waals surface area (Å²) in [6.07, 6.45) is 1.55. The van der Waals surface area contributed by atoms with E-state index in [2.05, 4.69) is 47.7 Å². The molecule has 36 heavy (non-hydrogen) atoms. The summed E-state index contributed by atoms with van der Waals surface area (Å²) in [6.45, 7) is 16.9. The summed E-state index contributed by atoms with van der Waals surface area (Å²) < 4.78 is 0. The number of carbonyl (C=O) groups excluding carboxylic acids is 3. The molecule has 1 saturated heterocycles. The first-order valence-electron chi connectivity index (χ1n) is 13.5. The highest BCUT2D eigenvalue weighted by molar-refractivity contribution is 6.39. The summed E-state index contributed by atoms with van der Waals surface area (Å²) in [4.78, 5) is 46.0. The summed E-state index contributed by atoms with van der Waals surface area (Å²) >= 11 is 0. The van der Waals surface area contributed by atoms with E-state index in [1.54, 1.807) is 4.90 Å². The molecular weight excluding hydrogens is 456 g/mol. The van der Waals surface area contributed by atoms with Gasteiger partial charge in [-0.1, -0.05) is 39.8 Å². The minimum Gasteiger partial charge on any atom is -0.369 e. The minimum atomic E-state index is -0.603. The number of rotatable bonds is 14. The molecular formula is C27H46N6O3. The second kappa shape index (κ2) is 15.6. The number of benzene rings is 1. The summed E-state index contributed by atoms with van der Waals surface area (Å²) in [5.74, 6) is -1.35. The van der Waals surface area contributed by atoms with Gasteiger partial charge in [0.25, 0.3) is 0 Å². The Morgan fingerprint density at radius 3 is 1.97 bits per heavy atom. The average molecular weight is 503 g/mol. The van der Waals surface area contributed by atoms with Gasteiger partial charge in [0.15, 0.2) is 0 Å². The summed E-state index contributed by atoms with van der Waals surface area (Å²) in [5.41, 5.74) is 7.11. The van der Waals surface area contributed by atoms with Crippen LogP contribution in [0.25, 0.3) is 0 Å². The molecule has 2 rings (SSSR count). The Balaban J connectivity index is 1.99. The molecule has 0 spiro atoms. The highest BCUT2D eigenvalue weighted by atomic mass is 16.2. The van der Waals surface area contributed by atoms with Gasteiger partial charge < -0.3 is 25.8 Å². The second-order valence-corrected chi connectivity index (χ2v) is 9.45. The van der Waals surface area contributed by atoms with E-state index in [0.717, 1.165) is 77.3 Å². The number of likely N-dealkylation sites (tertiary alicyclic amines) is 1. The molecule has 0 unspecified atom stereocenters. The van der Waals surface area contributed by atoms with Crippen LogP contribution in [0.2, 0.25) is 0 Å². The minimum absolute atomic E-state index is 0.0377. The van der Waals surface area contributed by atoms with Crippen LogP contribution in [0.1, 0.15) is 46.1 Å². The highest BCUT2D eigenvalue weighted by Crippen LogP contribution is 2.20. The van der Waals surface area contributed by atoms with Crippen molar-refractivity contribution in [2.24, 2.45) is 11.7 Å². The van der Waals surface area contributed by atoms with Gasteiger partial charge in [-0.15, -0.1) is 0 Å². The van der Waals surface area contributed by atoms with Gasteiger partial charge in [0.1, 0.15) is 0 Å². The molecule has 0 atom stereocenters. The fraction of sp³-hybridized carbons (Fsp3) is 0.667. The monoisotopic (exact) mass is 502 g/mol. The molecule has 0 radical (unpaired) electrons. The second-order valence-electron chi connectivity index (χ2n) is 9.45. The first-order chi connectivity index (χ1) is 17.3. The van der Waals surface area contributed by atoms with Crippen LogP contribution in [0.3, 0.4) is 0 Å². The van der Waals surface area contributed by atoms with Crippen molar-refractivity contribution < 1.29 is 14.4 Å². The van der Waals surface area contributed by atoms with E-state index in [1.807, 2.05) is 24.3 Å². The number of piperidine rings is 1. The summed E-state index contributed by atoms with van der Waals surface area (Å²) in [6, 6.07) is 7.63. The normalized spacial score (nSPS) is 14.8. The lowest BCUT2D eigenvalue weighted by Gasteiger charge is -2.30. The Hall–Kier alpha value is -2.49. The van der Waals surface area contributed by atoms with Crippen LogP contribution in [0.5, 0.6) is 0 Å². The number of nitrogens with zero attached hydrogens (tertiary/aromatic N) is 4. The third kappa shape index (κ3) is 9.52. The zero-order chi connectivity index (χ0) is 26.5. The van der Waals surface area contributed by atoms with Crippen molar-refractivity contribution in [1.29, 1.82) is 0 Å². The van der Waals surface area contributed by atoms with E-state index in [1.165, 1.54) is 0 Å². The molecule has 0 bridgehead atoms. The van der Waals surface area contributed by atoms with Gasteiger partial charge in [0, 0.05) is 44.3 Å². The standard InChI is InChI=1S/C27H46N6O3/c1-5-30(6-2)16-18-33(19-17-31(7-3)8-4)27(36)26(35)29-24-11-9-10-22(20-24)21-32-14-12-23(13-15-32)25(28)34/h9-11,20,23H,5-8,12-19,21H2,1-4H3,(H2,28,34)(H,29,35). The van der Waals surface area contributed by atoms with E-state index >= 15 is 0 Å². The Labute approximate surface area is 217 Å². The first-order valence-corrected chi connectivity index (χ1v) is 13.5. The Bertz CT molecular complexity index is 817. The van der Waals surface area contributed by atoms with E-state index in [0.29, 0.717) is 18.8 Å². The van der Waals surface area contributed by atoms with Gasteiger partial charge in [0.2, 0.25) is 5.91 Å². The molecule has 3 N–H and O–H groups in total. The zero-order valence-corrected chi connectivity index (χ0v) is 22.7. The predicted octanol–water partition coefficient (Wildman–Crippen LogP) is 1.83. The van der Waals surface area contributed by atoms with E-state index in [4.69, 9.17) is 5.73 Å². The Morgan fingerprint density at radius 2 is 1.47 bits per heavy atom. The van der Waals surface area contributed by atoms with Crippen LogP contribution in [-0.4, -0.2) is 103 Å². The smallest absolute Gasteiger partial charge is 0.313 e. The van der Waals surface area contributed by atoms with Crippen molar-refractivity contribution in [3.63, 3.8) is 0 Å². The van der Waals surface area contributed by atoms with Crippen LogP contribution in [-0.2, 0) is 20.9 Å². The Morgan fingerprint density at radius 1 is 0.917 bits per heavy atom. The molecule has 9 heteroatoms. The van der Waals surface area contributed by atoms with Crippen LogP contribution in [0.15, 0.2) is 24.3 Å². The van der Waals surface area contributed by atoms with Crippen molar-refractivity contribution in [3.8, 4) is 0 Å². The number of likely N-dealkylation sites (N-methyl/N-ethyl adjacent to an activating group) is 2. The fourth-order valence-electron chi connectivity index (χ4n) is 4.63. The average Bonchev–Trinajstić information content (AvgIpc) is 2.88. The van der Waals surface area contributed by atoms with Gasteiger partial charge in [-0.05, 0) is 69.8 Å². The van der Waals surface area contributed by atoms with Crippen molar-refractivity contribution in [3.05, 3.63) is 29.8 Å². The molecule has 0 saturated carbocycles. The number of hydrogen-bond acceptors (Lipinski definition) is 6. The number of nitrogens with two attached hydrogens (primary N) is 1. The lowest BCUT2D eigenvalue weighted by Crippen LogP contribution is -2.46. The Kier molecular flexibility index (Phi) is 12.9. The molecule has 1 aliphatic rings. The van der Waals surface area contributed by atoms with Gasteiger partial charge in [-0.3, -0.25) is 19.3 Å². The first kappa shape index (κ1) is 29.7. The van der Waals surface area contributed by atoms with Crippen molar-refractivity contribution >= 4 is 23.4 Å². The van der Waals surface area contributed by atoms with Crippen LogP contribution < -0.4 is 11.1 Å². The number of carbonyl (C=O) groups is 3. The number of amides is 3. The third-order valence-electron chi connectivity index (χ3n) is 7.22. The van der Waals surface area contributed by atoms with Crippen LogP contribution >= 0.6 is 0 Å². The van der Waals surface area contributed by atoms with Crippen LogP contribution in [0.4, 0.5) is 5.69 Å². The maximum absolute atomic E-state index is 13.1. The molecule has 1 heterocycles. The third-order valence-corrected chi connectivity index (χ3v) is 7.22. The molecule has 202 valence electrons. The quantitative estimate of drug-likeness (QED) is 0.377. The molecule has 1 fully saturated rings. The molecule has 1 aromatic rings. The van der Waals surface area contributed by atoms with E-state index in [-0.39, 0.29) is 11.8 Å². The lowest BCUT2D eigenvalue weighted by molar-refractivity contribution is -0.143. The maximum Gasteiger partial charge on any atom is 0.313 e. The number of nitrogens with one attached hydrogen (secondary N) is 1. The number of hydrogen-bond donors (Lipinski definition) is 2. The lowest BCUT2D eigenvalue weighted by atomic mass is 9.96. The van der Waals surface area contributed by atoms with Crippen LogP contribution in [0, 0.1) is 5.92 Å². The largest absolute Gasteiger partial charge is 0.369 e. The van der Waals surface area contributed by atoms with Gasteiger partial charge >= 0.3 is 11.8 Å². The molecule has 1 aromatic carbocycles. The van der Waals surface area contributed by atoms with Crippen molar-refractivity contribution in [1.82, 2.24) is 19.6 Å². The van der Waals surface area contributed by atoms with Gasteiger partial charge in [-0.2, -0.15) is 0 Å². The highest BCUT2D eigenvalue weighted by Gasteiger charge is 2.24. The molecule has 9 nitrogen and oxygen atoms in total. The summed E-state index contributed by atoms with van der Waals surface area (Å²) in [7, 11) is 0. The van der Waals surface area contributed by atoms with Gasteiger partial charge in [-0.25, -0.2) is 0 Å². The fourth-order valence-corrected chi connectivity index (χ4v) is 4.63. The van der Waals surface area contributed by atoms with E-state index < -0.39 is 11.8 Å². The van der Waals surface area contributed by atoms with E-state index in [9.17, 15) is 14.4 Å².